The van der Waals surface area contributed by atoms with Gasteiger partial charge in [-0.1, -0.05) is 35.8 Å². The Morgan fingerprint density at radius 2 is 1.67 bits per heavy atom. The molecule has 0 bridgehead atoms. The Morgan fingerprint density at radius 3 is 2.29 bits per heavy atom. The summed E-state index contributed by atoms with van der Waals surface area (Å²) in [7, 11) is 0. The molecule has 2 aromatic carbocycles. The van der Waals surface area contributed by atoms with E-state index in [1.807, 2.05) is 48.5 Å². The fourth-order valence-corrected chi connectivity index (χ4v) is 3.70. The summed E-state index contributed by atoms with van der Waals surface area (Å²) >= 11 is 0. The van der Waals surface area contributed by atoms with Crippen molar-refractivity contribution in [2.75, 3.05) is 4.90 Å². The van der Waals surface area contributed by atoms with Crippen LogP contribution in [0.4, 0.5) is 11.4 Å². The molecule has 6 heteroatoms. The number of para-hydroxylation sites is 4. The topological polar surface area (TPSA) is 81.5 Å². The summed E-state index contributed by atoms with van der Waals surface area (Å²) in [5, 5.41) is 14.6. The fourth-order valence-electron chi connectivity index (χ4n) is 3.70. The van der Waals surface area contributed by atoms with Crippen LogP contribution in [0.25, 0.3) is 10.4 Å². The molecule has 1 heterocycles. The van der Waals surface area contributed by atoms with Crippen molar-refractivity contribution in [1.82, 2.24) is 0 Å². The van der Waals surface area contributed by atoms with E-state index in [-0.39, 0.29) is 6.04 Å². The second-order valence-corrected chi connectivity index (χ2v) is 6.17. The van der Waals surface area contributed by atoms with Gasteiger partial charge in [-0.3, -0.25) is 0 Å². The fraction of sp³-hybridized carbons (Fsp3) is 0.333. The highest BCUT2D eigenvalue weighted by Crippen LogP contribution is 2.49. The Morgan fingerprint density at radius 1 is 1.04 bits per heavy atom. The van der Waals surface area contributed by atoms with Crippen molar-refractivity contribution < 1.29 is 9.84 Å². The minimum absolute atomic E-state index is 0.152. The van der Waals surface area contributed by atoms with Crippen LogP contribution in [0.2, 0.25) is 0 Å². The number of hydrogen-bond acceptors (Lipinski definition) is 4. The number of azide groups is 1. The van der Waals surface area contributed by atoms with Gasteiger partial charge in [0.2, 0.25) is 0 Å². The van der Waals surface area contributed by atoms with Crippen molar-refractivity contribution >= 4 is 11.4 Å². The van der Waals surface area contributed by atoms with Crippen LogP contribution in [-0.4, -0.2) is 23.3 Å². The van der Waals surface area contributed by atoms with E-state index in [9.17, 15) is 5.11 Å². The van der Waals surface area contributed by atoms with Gasteiger partial charge in [0.15, 0.2) is 11.5 Å². The van der Waals surface area contributed by atoms with Crippen LogP contribution in [-0.2, 0) is 0 Å². The van der Waals surface area contributed by atoms with E-state index in [0.29, 0.717) is 0 Å². The van der Waals surface area contributed by atoms with E-state index in [1.165, 1.54) is 0 Å². The molecule has 1 aliphatic carbocycles. The number of nitrogens with zero attached hydrogens (tertiary/aromatic N) is 4. The predicted molar refractivity (Wildman–Crippen MR) is 91.7 cm³/mol. The number of rotatable bonds is 2. The predicted octanol–water partition coefficient (Wildman–Crippen LogP) is 4.52. The van der Waals surface area contributed by atoms with Gasteiger partial charge in [-0.15, -0.1) is 0 Å². The van der Waals surface area contributed by atoms with Crippen molar-refractivity contribution in [3.05, 3.63) is 59.0 Å². The number of aliphatic hydroxyl groups excluding tert-OH is 1. The molecule has 24 heavy (non-hydrogen) atoms. The van der Waals surface area contributed by atoms with E-state index in [0.717, 1.165) is 42.1 Å². The lowest BCUT2D eigenvalue weighted by molar-refractivity contribution is 0.0874. The van der Waals surface area contributed by atoms with E-state index < -0.39 is 12.1 Å². The smallest absolute Gasteiger partial charge is 0.151 e. The molecule has 1 N–H and O–H groups in total. The second kappa shape index (κ2) is 6.07. The molecule has 2 aliphatic rings. The molecule has 0 saturated heterocycles. The standard InChI is InChI=1S/C18H18N4O2/c19-21-20-12-6-5-9-15(18(12)23)22-13-7-1-3-10-16(13)24-17-11-4-2-8-14(17)22/h1-4,7-8,10-12,15,18,23H,5-6,9H2/t12-,15+,18?/m1/s1. The Kier molecular flexibility index (Phi) is 3.76. The van der Waals surface area contributed by atoms with Crippen LogP contribution in [0.3, 0.4) is 0 Å². The average molecular weight is 322 g/mol. The highest BCUT2D eigenvalue weighted by molar-refractivity contribution is 5.78. The van der Waals surface area contributed by atoms with Gasteiger partial charge in [0.25, 0.3) is 0 Å². The van der Waals surface area contributed by atoms with Crippen molar-refractivity contribution in [2.24, 2.45) is 5.11 Å². The van der Waals surface area contributed by atoms with E-state index in [2.05, 4.69) is 14.9 Å². The quantitative estimate of drug-likeness (QED) is 0.501. The summed E-state index contributed by atoms with van der Waals surface area (Å²) < 4.78 is 6.00. The largest absolute Gasteiger partial charge is 0.453 e. The number of fused-ring (bicyclic) bond motifs is 2. The summed E-state index contributed by atoms with van der Waals surface area (Å²) in [5.74, 6) is 1.55. The minimum Gasteiger partial charge on any atom is -0.453 e. The van der Waals surface area contributed by atoms with Crippen LogP contribution < -0.4 is 9.64 Å². The second-order valence-electron chi connectivity index (χ2n) is 6.17. The molecule has 1 saturated carbocycles. The number of aliphatic hydroxyl groups is 1. The first kappa shape index (κ1) is 14.9. The maximum absolute atomic E-state index is 10.8. The zero-order valence-electron chi connectivity index (χ0n) is 13.1. The third-order valence-corrected chi connectivity index (χ3v) is 4.79. The molecule has 0 radical (unpaired) electrons. The van der Waals surface area contributed by atoms with Crippen LogP contribution in [0.5, 0.6) is 11.5 Å². The normalized spacial score (nSPS) is 25.0. The zero-order chi connectivity index (χ0) is 16.5. The van der Waals surface area contributed by atoms with Crippen molar-refractivity contribution in [3.8, 4) is 11.5 Å². The molecule has 1 aliphatic heterocycles. The third kappa shape index (κ3) is 2.37. The number of anilines is 2. The van der Waals surface area contributed by atoms with E-state index in [4.69, 9.17) is 10.3 Å². The number of ether oxygens (including phenoxy) is 1. The molecular formula is C18H18N4O2. The van der Waals surface area contributed by atoms with Crippen LogP contribution >= 0.6 is 0 Å². The molecule has 122 valence electrons. The van der Waals surface area contributed by atoms with Crippen molar-refractivity contribution in [1.29, 1.82) is 0 Å². The molecule has 1 unspecified atom stereocenters. The summed E-state index contributed by atoms with van der Waals surface area (Å²) in [5.41, 5.74) is 10.6. The Hall–Kier alpha value is -2.69. The van der Waals surface area contributed by atoms with Gasteiger partial charge in [0.05, 0.1) is 29.6 Å². The lowest BCUT2D eigenvalue weighted by atomic mass is 9.86. The molecule has 0 aromatic heterocycles. The van der Waals surface area contributed by atoms with E-state index >= 15 is 0 Å². The van der Waals surface area contributed by atoms with Gasteiger partial charge < -0.3 is 14.7 Å². The van der Waals surface area contributed by atoms with Gasteiger partial charge in [-0.2, -0.15) is 0 Å². The van der Waals surface area contributed by atoms with Crippen molar-refractivity contribution in [3.63, 3.8) is 0 Å². The molecular weight excluding hydrogens is 304 g/mol. The molecule has 3 atom stereocenters. The summed E-state index contributed by atoms with van der Waals surface area (Å²) in [6, 6.07) is 15.1. The Balaban J connectivity index is 1.81. The molecule has 4 rings (SSSR count). The molecule has 6 nitrogen and oxygen atoms in total. The maximum Gasteiger partial charge on any atom is 0.151 e. The minimum atomic E-state index is -0.714. The highest BCUT2D eigenvalue weighted by Gasteiger charge is 2.39. The first-order valence-corrected chi connectivity index (χ1v) is 8.17. The number of hydrogen-bond donors (Lipinski definition) is 1. The summed E-state index contributed by atoms with van der Waals surface area (Å²) in [4.78, 5) is 5.04. The molecule has 1 fully saturated rings. The molecule has 0 spiro atoms. The van der Waals surface area contributed by atoms with Crippen LogP contribution in [0.1, 0.15) is 19.3 Å². The van der Waals surface area contributed by atoms with Crippen molar-refractivity contribution in [2.45, 2.75) is 37.5 Å². The molecule has 2 aromatic rings. The highest BCUT2D eigenvalue weighted by atomic mass is 16.5. The monoisotopic (exact) mass is 322 g/mol. The van der Waals surface area contributed by atoms with Gasteiger partial charge in [0.1, 0.15) is 0 Å². The Labute approximate surface area is 139 Å². The lowest BCUT2D eigenvalue weighted by Crippen LogP contribution is -2.49. The Bertz CT molecular complexity index is 758. The van der Waals surface area contributed by atoms with Crippen LogP contribution in [0.15, 0.2) is 53.6 Å². The van der Waals surface area contributed by atoms with Gasteiger partial charge in [-0.05, 0) is 42.6 Å². The van der Waals surface area contributed by atoms with Gasteiger partial charge in [-0.25, -0.2) is 0 Å². The number of benzene rings is 2. The summed E-state index contributed by atoms with van der Waals surface area (Å²) in [6.07, 6.45) is 1.75. The first-order chi connectivity index (χ1) is 11.8. The maximum atomic E-state index is 10.8. The summed E-state index contributed by atoms with van der Waals surface area (Å²) in [6.45, 7) is 0. The van der Waals surface area contributed by atoms with Gasteiger partial charge >= 0.3 is 0 Å². The van der Waals surface area contributed by atoms with Gasteiger partial charge in [0, 0.05) is 4.91 Å². The third-order valence-electron chi connectivity index (χ3n) is 4.79. The zero-order valence-corrected chi connectivity index (χ0v) is 13.1. The first-order valence-electron chi connectivity index (χ1n) is 8.17. The molecule has 0 amide bonds. The SMILES string of the molecule is [N-]=[N+]=N[C@@H]1CCC[C@H](N2c3ccccc3Oc3ccccc32)C1O. The van der Waals surface area contributed by atoms with E-state index in [1.54, 1.807) is 0 Å². The lowest BCUT2D eigenvalue weighted by Gasteiger charge is -2.44. The average Bonchev–Trinajstić information content (AvgIpc) is 2.62. The van der Waals surface area contributed by atoms with Crippen LogP contribution in [0, 0.1) is 0 Å².